The summed E-state index contributed by atoms with van der Waals surface area (Å²) < 4.78 is 16.7. The first kappa shape index (κ1) is 49.4. The van der Waals surface area contributed by atoms with Crippen molar-refractivity contribution in [1.82, 2.24) is 0 Å². The molecule has 0 rings (SSSR count). The van der Waals surface area contributed by atoms with Crippen LogP contribution in [-0.2, 0) is 28.6 Å². The first-order valence-corrected chi connectivity index (χ1v) is 22.4. The van der Waals surface area contributed by atoms with Crippen molar-refractivity contribution < 1.29 is 28.6 Å². The molecular weight excluding hydrogens is 636 g/mol. The Morgan fingerprint density at radius 1 is 0.373 bits per heavy atom. The molecule has 0 aliphatic rings. The van der Waals surface area contributed by atoms with Gasteiger partial charge in [0.15, 0.2) is 6.10 Å². The highest BCUT2D eigenvalue weighted by Crippen LogP contribution is 2.16. The molecule has 0 fully saturated rings. The van der Waals surface area contributed by atoms with Gasteiger partial charge < -0.3 is 14.2 Å². The Kier molecular flexibility index (Phi) is 38.4. The van der Waals surface area contributed by atoms with E-state index in [2.05, 4.69) is 27.7 Å². The van der Waals surface area contributed by atoms with E-state index in [1.54, 1.807) is 0 Å². The Morgan fingerprint density at radius 2 is 0.647 bits per heavy atom. The van der Waals surface area contributed by atoms with Crippen molar-refractivity contribution in [3.63, 3.8) is 0 Å². The molecule has 6 heteroatoms. The molecule has 0 aliphatic carbocycles. The summed E-state index contributed by atoms with van der Waals surface area (Å²) in [6, 6.07) is 0. The molecule has 0 spiro atoms. The summed E-state index contributed by atoms with van der Waals surface area (Å²) in [5.74, 6) is -0.0453. The van der Waals surface area contributed by atoms with E-state index in [4.69, 9.17) is 14.2 Å². The SMILES string of the molecule is CCCCCCCCCCCCCCCC(=O)OC[C@H](COC(=O)CCCCCCCCC)OC(=O)CCCCCCCCCCCCC(C)C. The largest absolute Gasteiger partial charge is 0.462 e. The lowest BCUT2D eigenvalue weighted by molar-refractivity contribution is -0.167. The van der Waals surface area contributed by atoms with E-state index in [1.165, 1.54) is 141 Å². The molecular formula is C45H86O6. The van der Waals surface area contributed by atoms with Crippen LogP contribution < -0.4 is 0 Å². The van der Waals surface area contributed by atoms with Gasteiger partial charge in [-0.2, -0.15) is 0 Å². The minimum absolute atomic E-state index is 0.0643. The second-order valence-electron chi connectivity index (χ2n) is 15.8. The van der Waals surface area contributed by atoms with Crippen LogP contribution in [0.5, 0.6) is 0 Å². The van der Waals surface area contributed by atoms with Crippen molar-refractivity contribution in [3.8, 4) is 0 Å². The third kappa shape index (κ3) is 39.5. The number of carbonyl (C=O) groups excluding carboxylic acids is 3. The van der Waals surface area contributed by atoms with Gasteiger partial charge in [0.1, 0.15) is 13.2 Å². The monoisotopic (exact) mass is 723 g/mol. The van der Waals surface area contributed by atoms with E-state index in [-0.39, 0.29) is 31.1 Å². The molecule has 0 amide bonds. The number of ether oxygens (including phenoxy) is 3. The molecule has 6 nitrogen and oxygen atoms in total. The zero-order chi connectivity index (χ0) is 37.5. The van der Waals surface area contributed by atoms with Gasteiger partial charge in [-0.05, 0) is 25.2 Å². The average Bonchev–Trinajstić information content (AvgIpc) is 3.11. The molecule has 0 aromatic heterocycles. The quantitative estimate of drug-likeness (QED) is 0.0356. The molecule has 51 heavy (non-hydrogen) atoms. The highest BCUT2D eigenvalue weighted by Gasteiger charge is 2.19. The average molecular weight is 723 g/mol. The van der Waals surface area contributed by atoms with E-state index >= 15 is 0 Å². The molecule has 0 saturated carbocycles. The number of hydrogen-bond donors (Lipinski definition) is 0. The molecule has 0 N–H and O–H groups in total. The van der Waals surface area contributed by atoms with Gasteiger partial charge >= 0.3 is 17.9 Å². The van der Waals surface area contributed by atoms with Gasteiger partial charge in [-0.25, -0.2) is 0 Å². The lowest BCUT2D eigenvalue weighted by Crippen LogP contribution is -2.30. The molecule has 0 aromatic carbocycles. The van der Waals surface area contributed by atoms with Crippen molar-refractivity contribution in [3.05, 3.63) is 0 Å². The molecule has 0 radical (unpaired) electrons. The predicted octanol–water partition coefficient (Wildman–Crippen LogP) is 13.9. The molecule has 1 atom stereocenters. The first-order chi connectivity index (χ1) is 24.9. The zero-order valence-corrected chi connectivity index (χ0v) is 34.6. The third-order valence-electron chi connectivity index (χ3n) is 10.0. The van der Waals surface area contributed by atoms with Crippen LogP contribution in [-0.4, -0.2) is 37.2 Å². The Bertz CT molecular complexity index is 766. The third-order valence-corrected chi connectivity index (χ3v) is 10.0. The Labute approximate surface area is 317 Å². The summed E-state index contributed by atoms with van der Waals surface area (Å²) in [5, 5.41) is 0. The van der Waals surface area contributed by atoms with Gasteiger partial charge in [0.05, 0.1) is 0 Å². The summed E-state index contributed by atoms with van der Waals surface area (Å²) in [5.41, 5.74) is 0. The molecule has 302 valence electrons. The first-order valence-electron chi connectivity index (χ1n) is 22.4. The van der Waals surface area contributed by atoms with E-state index in [1.807, 2.05) is 0 Å². The lowest BCUT2D eigenvalue weighted by Gasteiger charge is -2.18. The predicted molar refractivity (Wildman–Crippen MR) is 215 cm³/mol. The topological polar surface area (TPSA) is 78.9 Å². The van der Waals surface area contributed by atoms with Crippen molar-refractivity contribution in [2.75, 3.05) is 13.2 Å². The number of hydrogen-bond acceptors (Lipinski definition) is 6. The highest BCUT2D eigenvalue weighted by atomic mass is 16.6. The molecule has 0 aromatic rings. The number of unbranched alkanes of at least 4 members (excludes halogenated alkanes) is 27. The second kappa shape index (κ2) is 39.6. The number of esters is 3. The van der Waals surface area contributed by atoms with Crippen LogP contribution in [0.1, 0.15) is 246 Å². The summed E-state index contributed by atoms with van der Waals surface area (Å²) >= 11 is 0. The fourth-order valence-corrected chi connectivity index (χ4v) is 6.63. The molecule has 0 unspecified atom stereocenters. The van der Waals surface area contributed by atoms with Gasteiger partial charge in [-0.1, -0.05) is 207 Å². The van der Waals surface area contributed by atoms with Crippen molar-refractivity contribution in [2.45, 2.75) is 252 Å². The molecule has 0 heterocycles. The smallest absolute Gasteiger partial charge is 0.306 e. The maximum absolute atomic E-state index is 12.7. The zero-order valence-electron chi connectivity index (χ0n) is 34.6. The second-order valence-corrected chi connectivity index (χ2v) is 15.8. The van der Waals surface area contributed by atoms with Crippen LogP contribution in [0, 0.1) is 5.92 Å². The van der Waals surface area contributed by atoms with Gasteiger partial charge in [0.25, 0.3) is 0 Å². The van der Waals surface area contributed by atoms with Crippen LogP contribution in [0.25, 0.3) is 0 Å². The van der Waals surface area contributed by atoms with Crippen molar-refractivity contribution in [2.24, 2.45) is 5.92 Å². The maximum atomic E-state index is 12.7. The number of carbonyl (C=O) groups is 3. The normalized spacial score (nSPS) is 11.9. The van der Waals surface area contributed by atoms with Crippen LogP contribution in [0.4, 0.5) is 0 Å². The molecule has 0 bridgehead atoms. The molecule has 0 saturated heterocycles. The van der Waals surface area contributed by atoms with Crippen LogP contribution in [0.3, 0.4) is 0 Å². The van der Waals surface area contributed by atoms with Gasteiger partial charge in [0.2, 0.25) is 0 Å². The van der Waals surface area contributed by atoms with E-state index in [0.29, 0.717) is 19.3 Å². The Morgan fingerprint density at radius 3 is 0.961 bits per heavy atom. The van der Waals surface area contributed by atoms with Crippen molar-refractivity contribution >= 4 is 17.9 Å². The van der Waals surface area contributed by atoms with Crippen LogP contribution in [0.2, 0.25) is 0 Å². The fourth-order valence-electron chi connectivity index (χ4n) is 6.63. The summed E-state index contributed by atoms with van der Waals surface area (Å²) in [6.45, 7) is 8.94. The Balaban J connectivity index is 4.28. The summed E-state index contributed by atoms with van der Waals surface area (Å²) in [7, 11) is 0. The van der Waals surface area contributed by atoms with E-state index in [0.717, 1.165) is 63.7 Å². The Hall–Kier alpha value is -1.59. The summed E-state index contributed by atoms with van der Waals surface area (Å²) in [6.07, 6.45) is 38.1. The number of rotatable bonds is 40. The van der Waals surface area contributed by atoms with Crippen LogP contribution >= 0.6 is 0 Å². The van der Waals surface area contributed by atoms with Gasteiger partial charge in [0, 0.05) is 19.3 Å². The highest BCUT2D eigenvalue weighted by molar-refractivity contribution is 5.71. The molecule has 0 aliphatic heterocycles. The summed E-state index contributed by atoms with van der Waals surface area (Å²) in [4.78, 5) is 37.5. The van der Waals surface area contributed by atoms with E-state index in [9.17, 15) is 14.4 Å². The minimum Gasteiger partial charge on any atom is -0.462 e. The minimum atomic E-state index is -0.758. The maximum Gasteiger partial charge on any atom is 0.306 e. The van der Waals surface area contributed by atoms with Crippen LogP contribution in [0.15, 0.2) is 0 Å². The fraction of sp³-hybridized carbons (Fsp3) is 0.933. The van der Waals surface area contributed by atoms with Crippen molar-refractivity contribution in [1.29, 1.82) is 0 Å². The van der Waals surface area contributed by atoms with E-state index < -0.39 is 6.10 Å². The lowest BCUT2D eigenvalue weighted by atomic mass is 10.0. The van der Waals surface area contributed by atoms with Gasteiger partial charge in [-0.15, -0.1) is 0 Å². The standard InChI is InChI=1S/C45H86O6/c1-5-7-9-11-13-14-15-16-17-21-25-29-33-37-44(47)50-40-42(39-49-43(46)36-32-28-23-12-10-8-6-2)51-45(48)38-34-30-26-22-19-18-20-24-27-31-35-41(3)4/h41-42H,5-40H2,1-4H3/t42-/m0/s1. The van der Waals surface area contributed by atoms with Gasteiger partial charge in [-0.3, -0.25) is 14.4 Å².